The van der Waals surface area contributed by atoms with Crippen LogP contribution in [0.3, 0.4) is 0 Å². The number of nitrogens with one attached hydrogen (secondary N) is 1. The topological polar surface area (TPSA) is 73.2 Å². The average Bonchev–Trinajstić information content (AvgIpc) is 2.92. The van der Waals surface area contributed by atoms with E-state index in [1.54, 1.807) is 17.7 Å². The fourth-order valence-electron chi connectivity index (χ4n) is 2.62. The van der Waals surface area contributed by atoms with Crippen LogP contribution in [0.5, 0.6) is 0 Å². The van der Waals surface area contributed by atoms with Crippen LogP contribution in [0.4, 0.5) is 0 Å². The quantitative estimate of drug-likeness (QED) is 0.394. The number of carbonyl (C=O) groups is 2. The van der Waals surface area contributed by atoms with E-state index in [1.807, 2.05) is 38.1 Å². The molecule has 1 N–H and O–H groups in total. The molecule has 0 spiro atoms. The van der Waals surface area contributed by atoms with Crippen molar-refractivity contribution in [1.82, 2.24) is 15.1 Å². The van der Waals surface area contributed by atoms with E-state index in [-0.39, 0.29) is 18.3 Å². The van der Waals surface area contributed by atoms with E-state index in [0.717, 1.165) is 16.8 Å². The summed E-state index contributed by atoms with van der Waals surface area (Å²) in [6.45, 7) is 7.00. The molecule has 0 aliphatic heterocycles. The predicted octanol–water partition coefficient (Wildman–Crippen LogP) is 3.67. The van der Waals surface area contributed by atoms with Gasteiger partial charge in [-0.15, -0.1) is 0 Å². The van der Waals surface area contributed by atoms with Gasteiger partial charge >= 0.3 is 5.97 Å². The first kappa shape index (κ1) is 21.7. The second-order valence-corrected chi connectivity index (χ2v) is 6.82. The van der Waals surface area contributed by atoms with Crippen LogP contribution >= 0.6 is 11.6 Å². The van der Waals surface area contributed by atoms with Gasteiger partial charge in [-0.2, -0.15) is 5.10 Å². The summed E-state index contributed by atoms with van der Waals surface area (Å²) in [5.74, 6) is -0.499. The molecular formula is C21H26ClN3O3. The van der Waals surface area contributed by atoms with Crippen LogP contribution in [0, 0.1) is 13.8 Å². The maximum Gasteiger partial charge on any atom is 0.305 e. The molecule has 2 aromatic rings. The molecule has 1 amide bonds. The number of esters is 1. The van der Waals surface area contributed by atoms with Crippen LogP contribution in [-0.2, 0) is 20.9 Å². The maximum atomic E-state index is 12.0. The third-order valence-corrected chi connectivity index (χ3v) is 4.52. The van der Waals surface area contributed by atoms with Crippen LogP contribution in [0.2, 0.25) is 5.15 Å². The van der Waals surface area contributed by atoms with Gasteiger partial charge in [0.15, 0.2) is 0 Å². The van der Waals surface area contributed by atoms with Crippen LogP contribution < -0.4 is 5.32 Å². The number of benzene rings is 1. The first-order valence-electron chi connectivity index (χ1n) is 9.30. The minimum Gasteiger partial charge on any atom is -0.466 e. The Morgan fingerprint density at radius 1 is 1.25 bits per heavy atom. The largest absolute Gasteiger partial charge is 0.466 e. The highest BCUT2D eigenvalue weighted by Gasteiger charge is 2.12. The highest BCUT2D eigenvalue weighted by atomic mass is 35.5. The molecule has 1 aromatic carbocycles. The number of halogens is 1. The first-order valence-corrected chi connectivity index (χ1v) is 9.68. The molecule has 0 aliphatic carbocycles. The average molecular weight is 404 g/mol. The lowest BCUT2D eigenvalue weighted by atomic mass is 10.1. The standard InChI is InChI=1S/C21H26ClN3O3/c1-4-28-20(27)6-5-13-23-19(26)12-11-18-16(3)24-25(21(18)22)14-17-9-7-15(2)8-10-17/h7-12H,4-6,13-14H2,1-3H3,(H,23,26)/b12-11+. The van der Waals surface area contributed by atoms with Crippen LogP contribution in [0.1, 0.15) is 42.1 Å². The minimum absolute atomic E-state index is 0.245. The smallest absolute Gasteiger partial charge is 0.305 e. The zero-order chi connectivity index (χ0) is 20.5. The molecule has 0 fully saturated rings. The number of nitrogens with zero attached hydrogens (tertiary/aromatic N) is 2. The van der Waals surface area contributed by atoms with Crippen molar-refractivity contribution in [3.8, 4) is 0 Å². The van der Waals surface area contributed by atoms with Crippen molar-refractivity contribution in [2.24, 2.45) is 0 Å². The monoisotopic (exact) mass is 403 g/mol. The van der Waals surface area contributed by atoms with Crippen molar-refractivity contribution in [3.05, 3.63) is 57.9 Å². The van der Waals surface area contributed by atoms with Gasteiger partial charge in [0.25, 0.3) is 0 Å². The highest BCUT2D eigenvalue weighted by molar-refractivity contribution is 6.31. The van der Waals surface area contributed by atoms with E-state index in [0.29, 0.717) is 31.3 Å². The predicted molar refractivity (Wildman–Crippen MR) is 110 cm³/mol. The summed E-state index contributed by atoms with van der Waals surface area (Å²) in [7, 11) is 0. The van der Waals surface area contributed by atoms with Crippen molar-refractivity contribution >= 4 is 29.6 Å². The Kier molecular flexibility index (Phi) is 8.26. The van der Waals surface area contributed by atoms with E-state index < -0.39 is 0 Å². The molecule has 0 radical (unpaired) electrons. The molecule has 6 nitrogen and oxygen atoms in total. The fraction of sp³-hybridized carbons (Fsp3) is 0.381. The summed E-state index contributed by atoms with van der Waals surface area (Å²) in [5.41, 5.74) is 3.77. The van der Waals surface area contributed by atoms with Crippen molar-refractivity contribution < 1.29 is 14.3 Å². The molecule has 150 valence electrons. The molecule has 0 atom stereocenters. The number of hydrogen-bond donors (Lipinski definition) is 1. The van der Waals surface area contributed by atoms with Crippen molar-refractivity contribution in [2.45, 2.75) is 40.2 Å². The summed E-state index contributed by atoms with van der Waals surface area (Å²) >= 11 is 6.45. The lowest BCUT2D eigenvalue weighted by Gasteiger charge is -2.04. The number of rotatable bonds is 9. The van der Waals surface area contributed by atoms with Gasteiger partial charge in [0.05, 0.1) is 18.8 Å². The zero-order valence-corrected chi connectivity index (χ0v) is 17.3. The summed E-state index contributed by atoms with van der Waals surface area (Å²) in [5, 5.41) is 7.70. The molecule has 28 heavy (non-hydrogen) atoms. The fourth-order valence-corrected chi connectivity index (χ4v) is 2.92. The number of aryl methyl sites for hydroxylation is 2. The third-order valence-electron chi connectivity index (χ3n) is 4.13. The molecule has 1 aromatic heterocycles. The molecule has 0 saturated carbocycles. The molecule has 0 aliphatic rings. The van der Waals surface area contributed by atoms with Gasteiger partial charge in [-0.25, -0.2) is 4.68 Å². The van der Waals surface area contributed by atoms with Gasteiger partial charge < -0.3 is 10.1 Å². The number of hydrogen-bond acceptors (Lipinski definition) is 4. The summed E-state index contributed by atoms with van der Waals surface area (Å²) < 4.78 is 6.56. The minimum atomic E-state index is -0.254. The number of ether oxygens (including phenoxy) is 1. The zero-order valence-electron chi connectivity index (χ0n) is 16.5. The maximum absolute atomic E-state index is 12.0. The van der Waals surface area contributed by atoms with Crippen LogP contribution in [0.15, 0.2) is 30.3 Å². The molecule has 2 rings (SSSR count). The van der Waals surface area contributed by atoms with E-state index in [2.05, 4.69) is 10.4 Å². The molecule has 0 saturated heterocycles. The Balaban J connectivity index is 1.90. The second-order valence-electron chi connectivity index (χ2n) is 6.47. The molecule has 0 bridgehead atoms. The van der Waals surface area contributed by atoms with Gasteiger partial charge in [-0.05, 0) is 38.8 Å². The van der Waals surface area contributed by atoms with Gasteiger partial charge in [-0.3, -0.25) is 9.59 Å². The normalized spacial score (nSPS) is 11.0. The Labute approximate surface area is 170 Å². The second kappa shape index (κ2) is 10.7. The summed E-state index contributed by atoms with van der Waals surface area (Å²) in [4.78, 5) is 23.2. The van der Waals surface area contributed by atoms with Crippen molar-refractivity contribution in [1.29, 1.82) is 0 Å². The van der Waals surface area contributed by atoms with Crippen molar-refractivity contribution in [3.63, 3.8) is 0 Å². The Hall–Kier alpha value is -2.60. The molecule has 0 unspecified atom stereocenters. The molecular weight excluding hydrogens is 378 g/mol. The van der Waals surface area contributed by atoms with E-state index in [9.17, 15) is 9.59 Å². The SMILES string of the molecule is CCOC(=O)CCCNC(=O)/C=C/c1c(C)nn(Cc2ccc(C)cc2)c1Cl. The van der Waals surface area contributed by atoms with Crippen molar-refractivity contribution in [2.75, 3.05) is 13.2 Å². The number of amides is 1. The Morgan fingerprint density at radius 3 is 2.64 bits per heavy atom. The summed E-state index contributed by atoms with van der Waals surface area (Å²) in [6.07, 6.45) is 3.91. The van der Waals surface area contributed by atoms with Crippen LogP contribution in [0.25, 0.3) is 6.08 Å². The van der Waals surface area contributed by atoms with Gasteiger partial charge in [0.2, 0.25) is 5.91 Å². The number of carbonyl (C=O) groups excluding carboxylic acids is 2. The molecule has 1 heterocycles. The Morgan fingerprint density at radius 2 is 1.96 bits per heavy atom. The van der Waals surface area contributed by atoms with Gasteiger partial charge in [-0.1, -0.05) is 41.4 Å². The summed E-state index contributed by atoms with van der Waals surface area (Å²) in [6, 6.07) is 8.18. The van der Waals surface area contributed by atoms with E-state index in [4.69, 9.17) is 16.3 Å². The third kappa shape index (κ3) is 6.53. The van der Waals surface area contributed by atoms with E-state index >= 15 is 0 Å². The highest BCUT2D eigenvalue weighted by Crippen LogP contribution is 2.22. The van der Waals surface area contributed by atoms with Gasteiger partial charge in [0.1, 0.15) is 5.15 Å². The van der Waals surface area contributed by atoms with Crippen LogP contribution in [-0.4, -0.2) is 34.8 Å². The first-order chi connectivity index (χ1) is 13.4. The van der Waals surface area contributed by atoms with Gasteiger partial charge in [0, 0.05) is 24.6 Å². The number of aromatic nitrogens is 2. The Bertz CT molecular complexity index is 841. The lowest BCUT2D eigenvalue weighted by Crippen LogP contribution is -2.22. The molecule has 7 heteroatoms. The van der Waals surface area contributed by atoms with E-state index in [1.165, 1.54) is 11.6 Å². The lowest BCUT2D eigenvalue weighted by molar-refractivity contribution is -0.143.